The minimum atomic E-state index is -3.41. The summed E-state index contributed by atoms with van der Waals surface area (Å²) in [7, 11) is -0.340. The van der Waals surface area contributed by atoms with E-state index >= 15 is 0 Å². The number of aliphatic imine (C=N–C) groups is 1. The van der Waals surface area contributed by atoms with Crippen LogP contribution in [-0.2, 0) is 23.1 Å². The quantitative estimate of drug-likeness (QED) is 0.529. The predicted molar refractivity (Wildman–Crippen MR) is 101 cm³/mol. The third-order valence-electron chi connectivity index (χ3n) is 3.59. The van der Waals surface area contributed by atoms with E-state index in [0.717, 1.165) is 11.1 Å². The Morgan fingerprint density at radius 2 is 1.68 bits per heavy atom. The van der Waals surface area contributed by atoms with Crippen LogP contribution in [0.3, 0.4) is 0 Å². The maximum absolute atomic E-state index is 11.7. The molecule has 3 N–H and O–H groups in total. The summed E-state index contributed by atoms with van der Waals surface area (Å²) >= 11 is 6.13. The van der Waals surface area contributed by atoms with Crippen LogP contribution in [0.5, 0.6) is 0 Å². The number of rotatable bonds is 6. The van der Waals surface area contributed by atoms with Gasteiger partial charge in [0, 0.05) is 25.2 Å². The molecule has 0 atom stereocenters. The number of hydrogen-bond donors (Lipinski definition) is 3. The van der Waals surface area contributed by atoms with Gasteiger partial charge in [0.15, 0.2) is 5.96 Å². The third kappa shape index (κ3) is 5.45. The van der Waals surface area contributed by atoms with E-state index in [1.807, 2.05) is 24.3 Å². The second kappa shape index (κ2) is 8.84. The van der Waals surface area contributed by atoms with E-state index in [4.69, 9.17) is 11.6 Å². The van der Waals surface area contributed by atoms with Crippen LogP contribution in [0.2, 0.25) is 5.02 Å². The Morgan fingerprint density at radius 3 is 2.28 bits per heavy atom. The highest BCUT2D eigenvalue weighted by molar-refractivity contribution is 7.89. The van der Waals surface area contributed by atoms with Gasteiger partial charge < -0.3 is 10.6 Å². The number of hydrogen-bond acceptors (Lipinski definition) is 3. The standard InChI is InChI=1S/C17H21ClN4O2S/c1-19-17(22-12-14-5-3-4-6-16(14)18)21-11-13-7-9-15(10-8-13)25(23,24)20-2/h3-10,20H,11-12H2,1-2H3,(H2,19,21,22). The molecule has 25 heavy (non-hydrogen) atoms. The summed E-state index contributed by atoms with van der Waals surface area (Å²) in [6, 6.07) is 14.3. The summed E-state index contributed by atoms with van der Waals surface area (Å²) < 4.78 is 25.7. The molecule has 0 aliphatic rings. The second-order valence-corrected chi connectivity index (χ2v) is 7.52. The molecule has 0 spiro atoms. The average molecular weight is 381 g/mol. The number of guanidine groups is 1. The third-order valence-corrected chi connectivity index (χ3v) is 5.39. The Balaban J connectivity index is 1.92. The molecule has 0 saturated carbocycles. The van der Waals surface area contributed by atoms with E-state index in [0.29, 0.717) is 24.1 Å². The summed E-state index contributed by atoms with van der Waals surface area (Å²) in [4.78, 5) is 4.40. The smallest absolute Gasteiger partial charge is 0.240 e. The second-order valence-electron chi connectivity index (χ2n) is 5.22. The van der Waals surface area contributed by atoms with Gasteiger partial charge in [0.2, 0.25) is 10.0 Å². The highest BCUT2D eigenvalue weighted by Gasteiger charge is 2.10. The summed E-state index contributed by atoms with van der Waals surface area (Å²) in [6.07, 6.45) is 0. The fourth-order valence-electron chi connectivity index (χ4n) is 2.13. The van der Waals surface area contributed by atoms with Crippen LogP contribution in [0.25, 0.3) is 0 Å². The van der Waals surface area contributed by atoms with Gasteiger partial charge in [0.1, 0.15) is 0 Å². The molecule has 0 amide bonds. The summed E-state index contributed by atoms with van der Waals surface area (Å²) in [5, 5.41) is 7.07. The maximum atomic E-state index is 11.7. The number of sulfonamides is 1. The highest BCUT2D eigenvalue weighted by atomic mass is 35.5. The van der Waals surface area contributed by atoms with Crippen molar-refractivity contribution in [3.63, 3.8) is 0 Å². The molecule has 0 aliphatic heterocycles. The van der Waals surface area contributed by atoms with Gasteiger partial charge in [0.25, 0.3) is 0 Å². The van der Waals surface area contributed by atoms with Gasteiger partial charge in [-0.3, -0.25) is 4.99 Å². The van der Waals surface area contributed by atoms with Crippen LogP contribution in [0, 0.1) is 0 Å². The molecular weight excluding hydrogens is 360 g/mol. The van der Waals surface area contributed by atoms with Crippen LogP contribution in [0.1, 0.15) is 11.1 Å². The van der Waals surface area contributed by atoms with Gasteiger partial charge in [0.05, 0.1) is 4.90 Å². The minimum absolute atomic E-state index is 0.236. The van der Waals surface area contributed by atoms with Crippen LogP contribution in [0.15, 0.2) is 58.4 Å². The van der Waals surface area contributed by atoms with Gasteiger partial charge in [-0.1, -0.05) is 41.9 Å². The first-order chi connectivity index (χ1) is 12.0. The van der Waals surface area contributed by atoms with Gasteiger partial charge in [-0.25, -0.2) is 13.1 Å². The monoisotopic (exact) mass is 380 g/mol. The van der Waals surface area contributed by atoms with Gasteiger partial charge in [-0.05, 0) is 36.4 Å². The zero-order chi connectivity index (χ0) is 18.3. The van der Waals surface area contributed by atoms with Crippen LogP contribution >= 0.6 is 11.6 Å². The van der Waals surface area contributed by atoms with Crippen molar-refractivity contribution in [2.45, 2.75) is 18.0 Å². The Kier molecular flexibility index (Phi) is 6.81. The first-order valence-corrected chi connectivity index (χ1v) is 9.53. The molecule has 0 aliphatic carbocycles. The molecule has 2 aromatic rings. The Hall–Kier alpha value is -2.09. The molecule has 6 nitrogen and oxygen atoms in total. The zero-order valence-electron chi connectivity index (χ0n) is 14.1. The maximum Gasteiger partial charge on any atom is 0.240 e. The number of nitrogens with one attached hydrogen (secondary N) is 3. The van der Waals surface area contributed by atoms with Crippen molar-refractivity contribution < 1.29 is 8.42 Å². The topological polar surface area (TPSA) is 82.6 Å². The Bertz CT molecular complexity index is 836. The molecule has 0 fully saturated rings. The lowest BCUT2D eigenvalue weighted by molar-refractivity contribution is 0.588. The fourth-order valence-corrected chi connectivity index (χ4v) is 3.06. The molecule has 0 saturated heterocycles. The van der Waals surface area contributed by atoms with Crippen LogP contribution < -0.4 is 15.4 Å². The summed E-state index contributed by atoms with van der Waals surface area (Å²) in [5.41, 5.74) is 1.92. The van der Waals surface area contributed by atoms with E-state index in [9.17, 15) is 8.42 Å². The lowest BCUT2D eigenvalue weighted by Gasteiger charge is -2.13. The van der Waals surface area contributed by atoms with Crippen molar-refractivity contribution in [3.8, 4) is 0 Å². The predicted octanol–water partition coefficient (Wildman–Crippen LogP) is 2.11. The van der Waals surface area contributed by atoms with Gasteiger partial charge in [-0.15, -0.1) is 0 Å². The van der Waals surface area contributed by atoms with Crippen molar-refractivity contribution in [1.82, 2.24) is 15.4 Å². The van der Waals surface area contributed by atoms with Crippen molar-refractivity contribution in [2.75, 3.05) is 14.1 Å². The average Bonchev–Trinajstić information content (AvgIpc) is 2.63. The molecular formula is C17H21ClN4O2S. The SMILES string of the molecule is CN=C(NCc1ccc(S(=O)(=O)NC)cc1)NCc1ccccc1Cl. The van der Waals surface area contributed by atoms with Crippen molar-refractivity contribution in [2.24, 2.45) is 4.99 Å². The number of nitrogens with zero attached hydrogens (tertiary/aromatic N) is 1. The largest absolute Gasteiger partial charge is 0.352 e. The first kappa shape index (κ1) is 19.2. The van der Waals surface area contributed by atoms with Crippen molar-refractivity contribution in [3.05, 3.63) is 64.7 Å². The number of halogens is 1. The van der Waals surface area contributed by atoms with Gasteiger partial charge in [-0.2, -0.15) is 0 Å². The van der Waals surface area contributed by atoms with E-state index in [-0.39, 0.29) is 4.90 Å². The van der Waals surface area contributed by atoms with E-state index in [2.05, 4.69) is 20.3 Å². The molecule has 0 bridgehead atoms. The van der Waals surface area contributed by atoms with E-state index in [1.165, 1.54) is 7.05 Å². The highest BCUT2D eigenvalue weighted by Crippen LogP contribution is 2.14. The van der Waals surface area contributed by atoms with Crippen molar-refractivity contribution in [1.29, 1.82) is 0 Å². The normalized spacial score (nSPS) is 12.0. The Morgan fingerprint density at radius 1 is 1.04 bits per heavy atom. The molecule has 0 unspecified atom stereocenters. The Labute approximate surface area is 153 Å². The molecule has 0 aromatic heterocycles. The molecule has 2 aromatic carbocycles. The van der Waals surface area contributed by atoms with E-state index < -0.39 is 10.0 Å². The van der Waals surface area contributed by atoms with Crippen LogP contribution in [0.4, 0.5) is 0 Å². The lowest BCUT2D eigenvalue weighted by atomic mass is 10.2. The zero-order valence-corrected chi connectivity index (χ0v) is 15.7. The summed E-state index contributed by atoms with van der Waals surface area (Å²) in [6.45, 7) is 1.07. The molecule has 134 valence electrons. The van der Waals surface area contributed by atoms with Crippen LogP contribution in [-0.4, -0.2) is 28.5 Å². The van der Waals surface area contributed by atoms with Crippen molar-refractivity contribution >= 4 is 27.6 Å². The minimum Gasteiger partial charge on any atom is -0.352 e. The molecule has 8 heteroatoms. The molecule has 0 radical (unpaired) electrons. The summed E-state index contributed by atoms with van der Waals surface area (Å²) in [5.74, 6) is 0.631. The fraction of sp³-hybridized carbons (Fsp3) is 0.235. The van der Waals surface area contributed by atoms with Gasteiger partial charge >= 0.3 is 0 Å². The lowest BCUT2D eigenvalue weighted by Crippen LogP contribution is -2.36. The van der Waals surface area contributed by atoms with E-state index in [1.54, 1.807) is 31.3 Å². The molecule has 0 heterocycles. The number of benzene rings is 2. The molecule has 2 rings (SSSR count). The first-order valence-electron chi connectivity index (χ1n) is 7.66.